The summed E-state index contributed by atoms with van der Waals surface area (Å²) >= 11 is 1.36. The lowest BCUT2D eigenvalue weighted by molar-refractivity contribution is 0.102. The van der Waals surface area contributed by atoms with Gasteiger partial charge < -0.3 is 19.1 Å². The first kappa shape index (κ1) is 21.6. The van der Waals surface area contributed by atoms with E-state index >= 15 is 0 Å². The number of ether oxygens (including phenoxy) is 3. The predicted molar refractivity (Wildman–Crippen MR) is 119 cm³/mol. The summed E-state index contributed by atoms with van der Waals surface area (Å²) in [7, 11) is 7.09. The third kappa shape index (κ3) is 5.28. The van der Waals surface area contributed by atoms with Crippen molar-refractivity contribution in [3.8, 4) is 28.5 Å². The largest absolute Gasteiger partial charge is 0.493 e. The fourth-order valence-electron chi connectivity index (χ4n) is 2.74. The van der Waals surface area contributed by atoms with Crippen molar-refractivity contribution in [2.45, 2.75) is 0 Å². The van der Waals surface area contributed by atoms with E-state index in [9.17, 15) is 4.79 Å². The molecule has 0 aliphatic carbocycles. The van der Waals surface area contributed by atoms with Crippen LogP contribution in [0.25, 0.3) is 11.3 Å². The lowest BCUT2D eigenvalue weighted by Crippen LogP contribution is -2.19. The van der Waals surface area contributed by atoms with E-state index in [0.717, 1.165) is 23.6 Å². The zero-order valence-electron chi connectivity index (χ0n) is 17.5. The number of likely N-dealkylation sites (N-methyl/N-ethyl adjacent to an activating group) is 1. The van der Waals surface area contributed by atoms with Gasteiger partial charge in [-0.25, -0.2) is 4.98 Å². The Morgan fingerprint density at radius 1 is 1.07 bits per heavy atom. The third-order valence-electron chi connectivity index (χ3n) is 4.33. The van der Waals surface area contributed by atoms with Gasteiger partial charge in [0.05, 0.1) is 19.9 Å². The number of rotatable bonds is 9. The Morgan fingerprint density at radius 2 is 1.83 bits per heavy atom. The molecule has 0 atom stereocenters. The molecule has 0 fully saturated rings. The highest BCUT2D eigenvalue weighted by Crippen LogP contribution is 2.33. The predicted octanol–water partition coefficient (Wildman–Crippen LogP) is 4.02. The average molecular weight is 428 g/mol. The van der Waals surface area contributed by atoms with Crippen LogP contribution in [0.3, 0.4) is 0 Å². The third-order valence-corrected chi connectivity index (χ3v) is 5.09. The summed E-state index contributed by atoms with van der Waals surface area (Å²) in [6.07, 6.45) is 0. The van der Waals surface area contributed by atoms with Crippen molar-refractivity contribution in [1.82, 2.24) is 9.88 Å². The number of thiazole rings is 1. The van der Waals surface area contributed by atoms with Gasteiger partial charge in [0.15, 0.2) is 16.6 Å². The number of nitrogens with zero attached hydrogens (tertiary/aromatic N) is 2. The first-order valence-corrected chi connectivity index (χ1v) is 10.3. The smallest absolute Gasteiger partial charge is 0.257 e. The van der Waals surface area contributed by atoms with Crippen molar-refractivity contribution in [3.63, 3.8) is 0 Å². The summed E-state index contributed by atoms with van der Waals surface area (Å²) in [6, 6.07) is 12.8. The van der Waals surface area contributed by atoms with Gasteiger partial charge >= 0.3 is 0 Å². The SMILES string of the molecule is COc1ccc(C(=O)Nc2nc(-c3ccccc3OCCN(C)C)cs2)cc1OC. The summed E-state index contributed by atoms with van der Waals surface area (Å²) in [6.45, 7) is 1.40. The van der Waals surface area contributed by atoms with E-state index in [0.29, 0.717) is 28.8 Å². The van der Waals surface area contributed by atoms with Gasteiger partial charge in [-0.1, -0.05) is 12.1 Å². The van der Waals surface area contributed by atoms with Crippen LogP contribution in [0.4, 0.5) is 5.13 Å². The Balaban J connectivity index is 1.73. The van der Waals surface area contributed by atoms with E-state index < -0.39 is 0 Å². The molecule has 0 radical (unpaired) electrons. The quantitative estimate of drug-likeness (QED) is 0.556. The number of carbonyl (C=O) groups excluding carboxylic acids is 1. The molecule has 1 amide bonds. The van der Waals surface area contributed by atoms with Crippen molar-refractivity contribution in [2.75, 3.05) is 46.8 Å². The van der Waals surface area contributed by atoms with Crippen molar-refractivity contribution < 1.29 is 19.0 Å². The number of nitrogens with one attached hydrogen (secondary N) is 1. The first-order chi connectivity index (χ1) is 14.5. The van der Waals surface area contributed by atoms with Crippen LogP contribution in [0.5, 0.6) is 17.2 Å². The van der Waals surface area contributed by atoms with Crippen LogP contribution in [-0.2, 0) is 0 Å². The molecule has 1 N–H and O–H groups in total. The van der Waals surface area contributed by atoms with Gasteiger partial charge in [0, 0.05) is 23.1 Å². The van der Waals surface area contributed by atoms with Gasteiger partial charge in [-0.3, -0.25) is 10.1 Å². The molecule has 158 valence electrons. The minimum absolute atomic E-state index is 0.271. The minimum Gasteiger partial charge on any atom is -0.493 e. The number of anilines is 1. The monoisotopic (exact) mass is 427 g/mol. The molecule has 0 unspecified atom stereocenters. The van der Waals surface area contributed by atoms with E-state index in [1.54, 1.807) is 25.3 Å². The van der Waals surface area contributed by atoms with Crippen molar-refractivity contribution in [3.05, 3.63) is 53.4 Å². The number of benzene rings is 2. The maximum absolute atomic E-state index is 12.6. The number of hydrogen-bond donors (Lipinski definition) is 1. The summed E-state index contributed by atoms with van der Waals surface area (Å²) < 4.78 is 16.4. The van der Waals surface area contributed by atoms with E-state index in [1.165, 1.54) is 18.4 Å². The van der Waals surface area contributed by atoms with E-state index in [2.05, 4.69) is 15.2 Å². The maximum atomic E-state index is 12.6. The fraction of sp³-hybridized carbons (Fsp3) is 0.273. The summed E-state index contributed by atoms with van der Waals surface area (Å²) in [5.41, 5.74) is 2.10. The number of hydrogen-bond acceptors (Lipinski definition) is 7. The molecule has 0 bridgehead atoms. The second-order valence-corrected chi connectivity index (χ2v) is 7.57. The number of methoxy groups -OCH3 is 2. The molecule has 2 aromatic carbocycles. The molecule has 0 aliphatic rings. The molecule has 3 rings (SSSR count). The topological polar surface area (TPSA) is 72.9 Å². The highest BCUT2D eigenvalue weighted by Gasteiger charge is 2.14. The van der Waals surface area contributed by atoms with Crippen molar-refractivity contribution in [2.24, 2.45) is 0 Å². The maximum Gasteiger partial charge on any atom is 0.257 e. The van der Waals surface area contributed by atoms with Gasteiger partial charge in [0.2, 0.25) is 0 Å². The van der Waals surface area contributed by atoms with Crippen LogP contribution in [-0.4, -0.2) is 57.3 Å². The second-order valence-electron chi connectivity index (χ2n) is 6.71. The number of amides is 1. The Hall–Kier alpha value is -3.10. The summed E-state index contributed by atoms with van der Waals surface area (Å²) in [5.74, 6) is 1.56. The molecule has 1 heterocycles. The second kappa shape index (κ2) is 10.1. The van der Waals surface area contributed by atoms with Gasteiger partial charge in [-0.05, 0) is 44.4 Å². The van der Waals surface area contributed by atoms with Gasteiger partial charge in [-0.15, -0.1) is 11.3 Å². The zero-order chi connectivity index (χ0) is 21.5. The number of aromatic nitrogens is 1. The van der Waals surface area contributed by atoms with Crippen LogP contribution < -0.4 is 19.5 Å². The molecule has 1 aromatic heterocycles. The molecule has 7 nitrogen and oxygen atoms in total. The van der Waals surface area contributed by atoms with Crippen molar-refractivity contribution >= 4 is 22.4 Å². The molecule has 0 spiro atoms. The molecule has 0 aliphatic heterocycles. The highest BCUT2D eigenvalue weighted by molar-refractivity contribution is 7.14. The average Bonchev–Trinajstić information content (AvgIpc) is 3.21. The molecule has 3 aromatic rings. The lowest BCUT2D eigenvalue weighted by Gasteiger charge is -2.13. The molecule has 0 saturated carbocycles. The molecule has 30 heavy (non-hydrogen) atoms. The van der Waals surface area contributed by atoms with E-state index in [1.807, 2.05) is 43.7 Å². The Kier molecular flexibility index (Phi) is 7.26. The first-order valence-electron chi connectivity index (χ1n) is 9.37. The van der Waals surface area contributed by atoms with Gasteiger partial charge in [0.1, 0.15) is 12.4 Å². The molecular weight excluding hydrogens is 402 g/mol. The summed E-state index contributed by atoms with van der Waals surface area (Å²) in [5, 5.41) is 5.25. The van der Waals surface area contributed by atoms with Gasteiger partial charge in [-0.2, -0.15) is 0 Å². The summed E-state index contributed by atoms with van der Waals surface area (Å²) in [4.78, 5) is 19.3. The van der Waals surface area contributed by atoms with E-state index in [-0.39, 0.29) is 5.91 Å². The normalized spacial score (nSPS) is 10.7. The van der Waals surface area contributed by atoms with Crippen LogP contribution >= 0.6 is 11.3 Å². The van der Waals surface area contributed by atoms with Crippen LogP contribution in [0.15, 0.2) is 47.8 Å². The Morgan fingerprint density at radius 3 is 2.57 bits per heavy atom. The van der Waals surface area contributed by atoms with E-state index in [4.69, 9.17) is 14.2 Å². The van der Waals surface area contributed by atoms with Crippen molar-refractivity contribution in [1.29, 1.82) is 0 Å². The fourth-order valence-corrected chi connectivity index (χ4v) is 3.45. The Labute approximate surface area is 180 Å². The number of para-hydroxylation sites is 1. The molecule has 8 heteroatoms. The lowest BCUT2D eigenvalue weighted by atomic mass is 10.1. The zero-order valence-corrected chi connectivity index (χ0v) is 18.3. The molecular formula is C22H25N3O4S. The van der Waals surface area contributed by atoms with Crippen LogP contribution in [0, 0.1) is 0 Å². The van der Waals surface area contributed by atoms with Gasteiger partial charge in [0.25, 0.3) is 5.91 Å². The van der Waals surface area contributed by atoms with Crippen LogP contribution in [0.2, 0.25) is 0 Å². The standard InChI is InChI=1S/C22H25N3O4S/c1-25(2)11-12-29-18-8-6-5-7-16(18)17-14-30-22(23-17)24-21(26)15-9-10-19(27-3)20(13-15)28-4/h5-10,13-14H,11-12H2,1-4H3,(H,23,24,26). The highest BCUT2D eigenvalue weighted by atomic mass is 32.1. The number of carbonyl (C=O) groups is 1. The van der Waals surface area contributed by atoms with Crippen LogP contribution in [0.1, 0.15) is 10.4 Å². The minimum atomic E-state index is -0.271. The Bertz CT molecular complexity index is 1000. The molecule has 0 saturated heterocycles.